The number of hydrogen-bond acceptors (Lipinski definition) is 2. The summed E-state index contributed by atoms with van der Waals surface area (Å²) in [5.41, 5.74) is 7.07. The topological polar surface area (TPSA) is 43.8 Å². The van der Waals surface area contributed by atoms with E-state index in [4.69, 9.17) is 10.7 Å². The average molecular weight is 259 g/mol. The van der Waals surface area contributed by atoms with Crippen LogP contribution in [0.3, 0.4) is 0 Å². The van der Waals surface area contributed by atoms with E-state index in [0.29, 0.717) is 6.54 Å². The van der Waals surface area contributed by atoms with E-state index in [9.17, 15) is 0 Å². The summed E-state index contributed by atoms with van der Waals surface area (Å²) in [7, 11) is 0. The smallest absolute Gasteiger partial charge is 0.112 e. The van der Waals surface area contributed by atoms with Gasteiger partial charge in [-0.05, 0) is 62.7 Å². The Bertz CT molecular complexity index is 448. The SMILES string of the molecule is CCn1c(CN)cnc1C1C2CC3CC(C2)CC1C3. The van der Waals surface area contributed by atoms with Gasteiger partial charge in [-0.2, -0.15) is 0 Å². The highest BCUT2D eigenvalue weighted by Gasteiger charge is 2.49. The summed E-state index contributed by atoms with van der Waals surface area (Å²) in [6.45, 7) is 3.86. The molecule has 1 aromatic rings. The monoisotopic (exact) mass is 259 g/mol. The summed E-state index contributed by atoms with van der Waals surface area (Å²) >= 11 is 0. The Morgan fingerprint density at radius 2 is 1.79 bits per heavy atom. The fourth-order valence-corrected chi connectivity index (χ4v) is 5.57. The summed E-state index contributed by atoms with van der Waals surface area (Å²) in [4.78, 5) is 4.79. The minimum Gasteiger partial charge on any atom is -0.331 e. The molecule has 5 rings (SSSR count). The first-order valence-corrected chi connectivity index (χ1v) is 8.04. The third kappa shape index (κ3) is 1.70. The molecule has 4 bridgehead atoms. The van der Waals surface area contributed by atoms with Gasteiger partial charge in [0.25, 0.3) is 0 Å². The average Bonchev–Trinajstić information content (AvgIpc) is 2.80. The van der Waals surface area contributed by atoms with Crippen LogP contribution in [0.1, 0.15) is 56.5 Å². The second-order valence-electron chi connectivity index (χ2n) is 7.01. The number of nitrogens with two attached hydrogens (primary N) is 1. The Labute approximate surface area is 115 Å². The van der Waals surface area contributed by atoms with Gasteiger partial charge in [0.2, 0.25) is 0 Å². The predicted molar refractivity (Wildman–Crippen MR) is 75.6 cm³/mol. The lowest BCUT2D eigenvalue weighted by Crippen LogP contribution is -2.44. The Hall–Kier alpha value is -0.830. The molecule has 0 aliphatic heterocycles. The number of rotatable bonds is 3. The third-order valence-electron chi connectivity index (χ3n) is 6.02. The maximum absolute atomic E-state index is 5.85. The van der Waals surface area contributed by atoms with Crippen molar-refractivity contribution in [3.8, 4) is 0 Å². The second-order valence-corrected chi connectivity index (χ2v) is 7.01. The van der Waals surface area contributed by atoms with Crippen molar-refractivity contribution in [3.05, 3.63) is 17.7 Å². The third-order valence-corrected chi connectivity index (χ3v) is 6.02. The van der Waals surface area contributed by atoms with E-state index >= 15 is 0 Å². The van der Waals surface area contributed by atoms with Crippen LogP contribution in [0.15, 0.2) is 6.20 Å². The van der Waals surface area contributed by atoms with Gasteiger partial charge in [0, 0.05) is 25.2 Å². The largest absolute Gasteiger partial charge is 0.331 e. The number of aromatic nitrogens is 2. The zero-order valence-electron chi connectivity index (χ0n) is 11.9. The van der Waals surface area contributed by atoms with Crippen molar-refractivity contribution in [2.75, 3.05) is 0 Å². The molecular formula is C16H25N3. The van der Waals surface area contributed by atoms with Crippen LogP contribution in [0.25, 0.3) is 0 Å². The summed E-state index contributed by atoms with van der Waals surface area (Å²) in [5.74, 6) is 5.99. The Kier molecular flexibility index (Phi) is 2.73. The van der Waals surface area contributed by atoms with Crippen LogP contribution in [0, 0.1) is 23.7 Å². The molecule has 19 heavy (non-hydrogen) atoms. The summed E-state index contributed by atoms with van der Waals surface area (Å²) < 4.78 is 2.40. The molecule has 3 heteroatoms. The molecular weight excluding hydrogens is 234 g/mol. The zero-order valence-corrected chi connectivity index (χ0v) is 11.9. The lowest BCUT2D eigenvalue weighted by Gasteiger charge is -2.54. The van der Waals surface area contributed by atoms with Crippen molar-refractivity contribution in [2.45, 2.75) is 58.0 Å². The Morgan fingerprint density at radius 1 is 1.16 bits per heavy atom. The number of hydrogen-bond donors (Lipinski definition) is 1. The summed E-state index contributed by atoms with van der Waals surface area (Å²) in [5, 5.41) is 0. The molecule has 0 spiro atoms. The predicted octanol–water partition coefficient (Wildman–Crippen LogP) is 2.90. The van der Waals surface area contributed by atoms with Gasteiger partial charge in [0.05, 0.1) is 5.69 Å². The first-order chi connectivity index (χ1) is 9.30. The van der Waals surface area contributed by atoms with Gasteiger partial charge in [-0.25, -0.2) is 4.98 Å². The molecule has 0 aromatic carbocycles. The van der Waals surface area contributed by atoms with Gasteiger partial charge < -0.3 is 10.3 Å². The molecule has 4 aliphatic carbocycles. The Morgan fingerprint density at radius 3 is 2.32 bits per heavy atom. The van der Waals surface area contributed by atoms with Crippen molar-refractivity contribution >= 4 is 0 Å². The van der Waals surface area contributed by atoms with E-state index in [1.165, 1.54) is 43.6 Å². The van der Waals surface area contributed by atoms with Crippen molar-refractivity contribution in [3.63, 3.8) is 0 Å². The molecule has 0 atom stereocenters. The van der Waals surface area contributed by atoms with Crippen molar-refractivity contribution < 1.29 is 0 Å². The molecule has 1 aromatic heterocycles. The molecule has 1 heterocycles. The number of nitrogens with zero attached hydrogens (tertiary/aromatic N) is 2. The van der Waals surface area contributed by atoms with Gasteiger partial charge in [0.15, 0.2) is 0 Å². The van der Waals surface area contributed by atoms with Gasteiger partial charge in [-0.1, -0.05) is 0 Å². The minimum absolute atomic E-state index is 0.619. The van der Waals surface area contributed by atoms with Crippen molar-refractivity contribution in [1.29, 1.82) is 0 Å². The van der Waals surface area contributed by atoms with Gasteiger partial charge in [-0.15, -0.1) is 0 Å². The molecule has 3 nitrogen and oxygen atoms in total. The molecule has 4 fully saturated rings. The van der Waals surface area contributed by atoms with E-state index < -0.39 is 0 Å². The molecule has 104 valence electrons. The highest BCUT2D eigenvalue weighted by molar-refractivity contribution is 5.16. The molecule has 0 amide bonds. The van der Waals surface area contributed by atoms with E-state index in [-0.39, 0.29) is 0 Å². The summed E-state index contributed by atoms with van der Waals surface area (Å²) in [6, 6.07) is 0. The van der Waals surface area contributed by atoms with Gasteiger partial charge >= 0.3 is 0 Å². The maximum atomic E-state index is 5.85. The van der Waals surface area contributed by atoms with Crippen molar-refractivity contribution in [1.82, 2.24) is 9.55 Å². The van der Waals surface area contributed by atoms with Crippen LogP contribution in [-0.4, -0.2) is 9.55 Å². The highest BCUT2D eigenvalue weighted by Crippen LogP contribution is 2.59. The highest BCUT2D eigenvalue weighted by atomic mass is 15.1. The van der Waals surface area contributed by atoms with Crippen LogP contribution in [0.5, 0.6) is 0 Å². The first-order valence-electron chi connectivity index (χ1n) is 8.04. The molecule has 4 aliphatic rings. The minimum atomic E-state index is 0.619. The first kappa shape index (κ1) is 12.0. The van der Waals surface area contributed by atoms with E-state index in [0.717, 1.165) is 36.1 Å². The standard InChI is InChI=1S/C16H25N3/c1-2-19-14(8-17)9-18-16(19)15-12-4-10-3-11(6-12)7-13(15)5-10/h9-13,15H,2-8,17H2,1H3. The zero-order chi connectivity index (χ0) is 13.0. The van der Waals surface area contributed by atoms with E-state index in [1.807, 2.05) is 6.20 Å². The van der Waals surface area contributed by atoms with Crippen LogP contribution >= 0.6 is 0 Å². The van der Waals surface area contributed by atoms with Crippen molar-refractivity contribution in [2.24, 2.45) is 29.4 Å². The molecule has 0 saturated heterocycles. The van der Waals surface area contributed by atoms with E-state index in [2.05, 4.69) is 11.5 Å². The lowest BCUT2D eigenvalue weighted by molar-refractivity contribution is -0.00675. The summed E-state index contributed by atoms with van der Waals surface area (Å²) in [6.07, 6.45) is 9.40. The van der Waals surface area contributed by atoms with Crippen LogP contribution in [-0.2, 0) is 13.1 Å². The lowest BCUT2D eigenvalue weighted by atomic mass is 9.51. The second kappa shape index (κ2) is 4.34. The Balaban J connectivity index is 1.71. The molecule has 0 unspecified atom stereocenters. The number of imidazole rings is 1. The molecule has 2 N–H and O–H groups in total. The fraction of sp³-hybridized carbons (Fsp3) is 0.812. The molecule has 4 saturated carbocycles. The maximum Gasteiger partial charge on any atom is 0.112 e. The fourth-order valence-electron chi connectivity index (χ4n) is 5.57. The molecule has 0 radical (unpaired) electrons. The van der Waals surface area contributed by atoms with Crippen LogP contribution in [0.2, 0.25) is 0 Å². The van der Waals surface area contributed by atoms with Crippen LogP contribution < -0.4 is 5.73 Å². The van der Waals surface area contributed by atoms with Gasteiger partial charge in [-0.3, -0.25) is 0 Å². The van der Waals surface area contributed by atoms with Crippen LogP contribution in [0.4, 0.5) is 0 Å². The van der Waals surface area contributed by atoms with Gasteiger partial charge in [0.1, 0.15) is 5.82 Å². The normalized spacial score (nSPS) is 40.0. The quantitative estimate of drug-likeness (QED) is 0.907. The van der Waals surface area contributed by atoms with E-state index in [1.54, 1.807) is 0 Å².